The van der Waals surface area contributed by atoms with Crippen molar-refractivity contribution < 1.29 is 23.9 Å². The summed E-state index contributed by atoms with van der Waals surface area (Å²) in [7, 11) is 4.69. The molecule has 3 heterocycles. The third-order valence-electron chi connectivity index (χ3n) is 6.22. The fourth-order valence-corrected chi connectivity index (χ4v) is 4.56. The van der Waals surface area contributed by atoms with Crippen LogP contribution in [0.15, 0.2) is 59.7 Å². The number of ether oxygens (including phenoxy) is 2. The molecule has 5 rings (SSSR count). The lowest BCUT2D eigenvalue weighted by Crippen LogP contribution is -2.65. The fraction of sp³-hybridized carbons (Fsp3) is 0.250. The molecule has 180 valence electrons. The van der Waals surface area contributed by atoms with Crippen molar-refractivity contribution in [1.82, 2.24) is 14.7 Å². The van der Waals surface area contributed by atoms with E-state index in [0.717, 1.165) is 16.2 Å². The van der Waals surface area contributed by atoms with E-state index in [4.69, 9.17) is 20.2 Å². The number of guanidine groups is 1. The molecule has 1 saturated heterocycles. The predicted octanol–water partition coefficient (Wildman–Crippen LogP) is 1.27. The van der Waals surface area contributed by atoms with Crippen LogP contribution in [0.1, 0.15) is 5.56 Å². The Kier molecular flexibility index (Phi) is 5.31. The van der Waals surface area contributed by atoms with Crippen LogP contribution in [0.25, 0.3) is 5.70 Å². The molecule has 11 nitrogen and oxygen atoms in total. The topological polar surface area (TPSA) is 121 Å². The van der Waals surface area contributed by atoms with Crippen LogP contribution in [0.3, 0.4) is 0 Å². The van der Waals surface area contributed by atoms with Gasteiger partial charge >= 0.3 is 6.03 Å². The number of amides is 4. The normalized spacial score (nSPS) is 21.0. The van der Waals surface area contributed by atoms with Crippen LogP contribution in [0.4, 0.5) is 10.5 Å². The summed E-state index contributed by atoms with van der Waals surface area (Å²) in [6.07, 6.45) is 1.05. The zero-order chi connectivity index (χ0) is 24.9. The molecule has 2 aromatic carbocycles. The molecule has 0 saturated carbocycles. The van der Waals surface area contributed by atoms with Crippen molar-refractivity contribution in [2.45, 2.75) is 12.2 Å². The van der Waals surface area contributed by atoms with E-state index in [2.05, 4.69) is 0 Å². The summed E-state index contributed by atoms with van der Waals surface area (Å²) in [6, 6.07) is 13.6. The summed E-state index contributed by atoms with van der Waals surface area (Å²) in [5.74, 6) is 0.303. The largest absolute Gasteiger partial charge is 0.497 e. The van der Waals surface area contributed by atoms with Crippen LogP contribution in [0.5, 0.6) is 11.5 Å². The minimum atomic E-state index is -0.854. The van der Waals surface area contributed by atoms with E-state index in [9.17, 15) is 14.4 Å². The van der Waals surface area contributed by atoms with E-state index >= 15 is 0 Å². The third kappa shape index (κ3) is 3.43. The average molecular weight is 476 g/mol. The molecule has 3 aliphatic heterocycles. The number of methoxy groups -OCH3 is 2. The molecule has 2 N–H and O–H groups in total. The molecular weight excluding hydrogens is 452 g/mol. The number of urea groups is 1. The van der Waals surface area contributed by atoms with Gasteiger partial charge in [0.15, 0.2) is 12.2 Å². The van der Waals surface area contributed by atoms with Crippen LogP contribution in [-0.4, -0.2) is 78.5 Å². The first kappa shape index (κ1) is 22.3. The van der Waals surface area contributed by atoms with Crippen molar-refractivity contribution >= 4 is 35.2 Å². The molecule has 35 heavy (non-hydrogen) atoms. The number of primary amides is 1. The van der Waals surface area contributed by atoms with E-state index in [-0.39, 0.29) is 0 Å². The monoisotopic (exact) mass is 476 g/mol. The van der Waals surface area contributed by atoms with Crippen LogP contribution < -0.4 is 20.1 Å². The summed E-state index contributed by atoms with van der Waals surface area (Å²) in [5, 5.41) is 0. The molecule has 11 heteroatoms. The van der Waals surface area contributed by atoms with Gasteiger partial charge in [0.1, 0.15) is 18.0 Å². The number of benzene rings is 2. The smallest absolute Gasteiger partial charge is 0.328 e. The summed E-state index contributed by atoms with van der Waals surface area (Å²) >= 11 is 0. The molecule has 1 fully saturated rings. The Hall–Kier alpha value is -4.54. The average Bonchev–Trinajstić information content (AvgIpc) is 3.41. The fourth-order valence-electron chi connectivity index (χ4n) is 4.56. The maximum atomic E-state index is 13.4. The highest BCUT2D eigenvalue weighted by Crippen LogP contribution is 2.44. The molecule has 0 spiro atoms. The quantitative estimate of drug-likeness (QED) is 0.666. The van der Waals surface area contributed by atoms with Gasteiger partial charge < -0.3 is 20.1 Å². The zero-order valence-corrected chi connectivity index (χ0v) is 19.4. The molecule has 0 aromatic heterocycles. The van der Waals surface area contributed by atoms with E-state index in [1.807, 2.05) is 47.5 Å². The van der Waals surface area contributed by atoms with Crippen LogP contribution in [0, 0.1) is 0 Å². The van der Waals surface area contributed by atoms with Gasteiger partial charge in [0.2, 0.25) is 11.9 Å². The highest BCUT2D eigenvalue weighted by molar-refractivity contribution is 6.17. The Balaban J connectivity index is 1.66. The molecule has 2 unspecified atom stereocenters. The van der Waals surface area contributed by atoms with Crippen molar-refractivity contribution in [3.8, 4) is 11.5 Å². The number of likely N-dealkylation sites (N-methyl/N-ethyl adjacent to an activating group) is 1. The van der Waals surface area contributed by atoms with E-state index in [1.165, 1.54) is 4.90 Å². The maximum absolute atomic E-state index is 13.4. The number of carbonyl (C=O) groups is 3. The molecule has 0 radical (unpaired) electrons. The number of nitrogens with zero attached hydrogens (tertiary/aromatic N) is 5. The molecule has 2 atom stereocenters. The van der Waals surface area contributed by atoms with Crippen molar-refractivity contribution in [3.63, 3.8) is 0 Å². The molecular formula is C24H24N6O5. The van der Waals surface area contributed by atoms with Gasteiger partial charge in [-0.05, 0) is 12.1 Å². The summed E-state index contributed by atoms with van der Waals surface area (Å²) in [6.45, 7) is -0.503. The minimum Gasteiger partial charge on any atom is -0.497 e. The van der Waals surface area contributed by atoms with Crippen LogP contribution in [0.2, 0.25) is 0 Å². The highest BCUT2D eigenvalue weighted by Gasteiger charge is 2.55. The van der Waals surface area contributed by atoms with Gasteiger partial charge in [-0.3, -0.25) is 24.3 Å². The first-order chi connectivity index (χ1) is 16.8. The second-order valence-electron chi connectivity index (χ2n) is 8.23. The second kappa shape index (κ2) is 8.35. The van der Waals surface area contributed by atoms with Crippen molar-refractivity contribution in [2.75, 3.05) is 32.7 Å². The van der Waals surface area contributed by atoms with Crippen LogP contribution >= 0.6 is 0 Å². The lowest BCUT2D eigenvalue weighted by Gasteiger charge is -2.39. The van der Waals surface area contributed by atoms with Crippen molar-refractivity contribution in [3.05, 3.63) is 60.3 Å². The number of hydrogen-bond acceptors (Lipinski definition) is 8. The van der Waals surface area contributed by atoms with E-state index in [1.54, 1.807) is 38.3 Å². The first-order valence-corrected chi connectivity index (χ1v) is 10.9. The number of hydrogen-bond donors (Lipinski definition) is 1. The van der Waals surface area contributed by atoms with Crippen molar-refractivity contribution in [2.24, 2.45) is 10.7 Å². The Morgan fingerprint density at radius 3 is 2.49 bits per heavy atom. The molecule has 0 bridgehead atoms. The minimum absolute atomic E-state index is 0.444. The Morgan fingerprint density at radius 2 is 1.83 bits per heavy atom. The number of imide groups is 1. The lowest BCUT2D eigenvalue weighted by atomic mass is 10.1. The van der Waals surface area contributed by atoms with E-state index < -0.39 is 36.6 Å². The van der Waals surface area contributed by atoms with Gasteiger partial charge in [0.25, 0.3) is 5.91 Å². The van der Waals surface area contributed by atoms with Gasteiger partial charge in [0.05, 0.1) is 25.6 Å². The Morgan fingerprint density at radius 1 is 1.09 bits per heavy atom. The number of carbonyl (C=O) groups excluding carboxylic acids is 3. The number of aliphatic imine (C=N–C) groups is 1. The van der Waals surface area contributed by atoms with Crippen LogP contribution in [-0.2, 0) is 9.59 Å². The molecule has 4 amide bonds. The number of rotatable bonds is 6. The number of fused-ring (bicyclic) bond motifs is 3. The maximum Gasteiger partial charge on any atom is 0.328 e. The first-order valence-electron chi connectivity index (χ1n) is 10.9. The van der Waals surface area contributed by atoms with Gasteiger partial charge in [-0.1, -0.05) is 30.3 Å². The number of anilines is 1. The molecule has 3 aliphatic rings. The standard InChI is InChI=1S/C24H24N6O5/c1-27-21-20(22(32)29(24(27)33)13-19(25)31)28-12-17(14-7-5-4-6-8-14)30(23(28)26-21)16-11-15(34-2)9-10-18(16)35-3/h4-12,20-21H,13H2,1-3H3,(H2,25,31). The van der Waals surface area contributed by atoms with Gasteiger partial charge in [-0.15, -0.1) is 0 Å². The SMILES string of the molecule is COc1ccc(OC)c(N2C(c3ccccc3)=CN3C2=NC2C3C(=O)N(CC(N)=O)C(=O)N2C)c1. The van der Waals surface area contributed by atoms with E-state index in [0.29, 0.717) is 23.1 Å². The molecule has 2 aromatic rings. The van der Waals surface area contributed by atoms with Gasteiger partial charge in [0, 0.05) is 24.9 Å². The van der Waals surface area contributed by atoms with Gasteiger partial charge in [-0.2, -0.15) is 0 Å². The Labute approximate surface area is 201 Å². The molecule has 0 aliphatic carbocycles. The predicted molar refractivity (Wildman–Crippen MR) is 127 cm³/mol. The number of nitrogens with two attached hydrogens (primary N) is 1. The van der Waals surface area contributed by atoms with Gasteiger partial charge in [-0.25, -0.2) is 9.79 Å². The third-order valence-corrected chi connectivity index (χ3v) is 6.22. The van der Waals surface area contributed by atoms with Crippen molar-refractivity contribution in [1.29, 1.82) is 0 Å². The highest BCUT2D eigenvalue weighted by atomic mass is 16.5. The zero-order valence-electron chi connectivity index (χ0n) is 19.4. The summed E-state index contributed by atoms with van der Waals surface area (Å²) in [5.41, 5.74) is 7.59. The Bertz CT molecular complexity index is 1280. The summed E-state index contributed by atoms with van der Waals surface area (Å²) in [4.78, 5) is 48.4. The lowest BCUT2D eigenvalue weighted by molar-refractivity contribution is -0.139. The summed E-state index contributed by atoms with van der Waals surface area (Å²) < 4.78 is 11.1. The second-order valence-corrected chi connectivity index (χ2v) is 8.23.